The molecular weight excluding hydrogens is 352 g/mol. The largest absolute Gasteiger partial charge is 0.469 e. The zero-order chi connectivity index (χ0) is 19.0. The first kappa shape index (κ1) is 18.6. The molecule has 1 aliphatic rings. The van der Waals surface area contributed by atoms with Gasteiger partial charge in [0.15, 0.2) is 5.96 Å². The molecule has 6 nitrogen and oxygen atoms in total. The first-order chi connectivity index (χ1) is 13.9. The second kappa shape index (κ2) is 9.46. The van der Waals surface area contributed by atoms with Crippen molar-refractivity contribution in [1.82, 2.24) is 15.6 Å². The van der Waals surface area contributed by atoms with Gasteiger partial charge in [0.05, 0.1) is 12.9 Å². The zero-order valence-corrected chi connectivity index (χ0v) is 16.1. The molecule has 1 aromatic carbocycles. The van der Waals surface area contributed by atoms with Crippen LogP contribution >= 0.6 is 0 Å². The number of ether oxygens (including phenoxy) is 1. The third-order valence-electron chi connectivity index (χ3n) is 5.14. The van der Waals surface area contributed by atoms with Gasteiger partial charge in [-0.3, -0.25) is 4.99 Å². The van der Waals surface area contributed by atoms with Gasteiger partial charge in [0, 0.05) is 55.7 Å². The smallest absolute Gasteiger partial charge is 0.191 e. The highest BCUT2D eigenvalue weighted by Gasteiger charge is 2.15. The van der Waals surface area contributed by atoms with E-state index in [4.69, 9.17) is 14.1 Å². The summed E-state index contributed by atoms with van der Waals surface area (Å²) in [6, 6.07) is 12.3. The number of rotatable bonds is 8. The Morgan fingerprint density at radius 1 is 1.11 bits per heavy atom. The van der Waals surface area contributed by atoms with Gasteiger partial charge in [-0.1, -0.05) is 18.2 Å². The van der Waals surface area contributed by atoms with Crippen LogP contribution in [-0.4, -0.2) is 43.8 Å². The van der Waals surface area contributed by atoms with Gasteiger partial charge in [-0.25, -0.2) is 0 Å². The van der Waals surface area contributed by atoms with Crippen LogP contribution in [-0.2, 0) is 17.6 Å². The van der Waals surface area contributed by atoms with E-state index in [1.165, 1.54) is 16.5 Å². The fraction of sp³-hybridized carbons (Fsp3) is 0.409. The molecule has 6 heteroatoms. The highest BCUT2D eigenvalue weighted by atomic mass is 16.5. The Labute approximate surface area is 165 Å². The van der Waals surface area contributed by atoms with E-state index in [2.05, 4.69) is 46.1 Å². The molecule has 0 spiro atoms. The quantitative estimate of drug-likeness (QED) is 0.415. The lowest BCUT2D eigenvalue weighted by atomic mass is 10.1. The Balaban J connectivity index is 1.31. The number of fused-ring (bicyclic) bond motifs is 1. The van der Waals surface area contributed by atoms with Crippen LogP contribution in [0, 0.1) is 5.92 Å². The minimum absolute atomic E-state index is 0.525. The van der Waals surface area contributed by atoms with Crippen LogP contribution < -0.4 is 10.6 Å². The first-order valence-electron chi connectivity index (χ1n) is 10.1. The van der Waals surface area contributed by atoms with E-state index in [1.54, 1.807) is 6.26 Å². The van der Waals surface area contributed by atoms with Gasteiger partial charge in [-0.05, 0) is 36.6 Å². The van der Waals surface area contributed by atoms with Crippen molar-refractivity contribution < 1.29 is 9.15 Å². The third-order valence-corrected chi connectivity index (χ3v) is 5.14. The number of nitrogens with zero attached hydrogens (tertiary/aromatic N) is 1. The topological polar surface area (TPSA) is 74.6 Å². The number of guanidine groups is 1. The van der Waals surface area contributed by atoms with Gasteiger partial charge >= 0.3 is 0 Å². The molecule has 4 rings (SSSR count). The minimum Gasteiger partial charge on any atom is -0.469 e. The Hall–Kier alpha value is -2.73. The molecule has 1 saturated heterocycles. The number of hydrogen-bond acceptors (Lipinski definition) is 3. The molecular formula is C22H28N4O2. The van der Waals surface area contributed by atoms with Crippen molar-refractivity contribution in [1.29, 1.82) is 0 Å². The van der Waals surface area contributed by atoms with Crippen molar-refractivity contribution >= 4 is 16.9 Å². The second-order valence-electron chi connectivity index (χ2n) is 7.21. The summed E-state index contributed by atoms with van der Waals surface area (Å²) in [5.41, 5.74) is 2.51. The summed E-state index contributed by atoms with van der Waals surface area (Å²) >= 11 is 0. The Morgan fingerprint density at radius 3 is 2.82 bits per heavy atom. The lowest BCUT2D eigenvalue weighted by Crippen LogP contribution is -2.39. The van der Waals surface area contributed by atoms with Crippen LogP contribution in [0.5, 0.6) is 0 Å². The lowest BCUT2D eigenvalue weighted by Gasteiger charge is -2.13. The monoisotopic (exact) mass is 380 g/mol. The van der Waals surface area contributed by atoms with E-state index >= 15 is 0 Å². The number of furan rings is 1. The molecule has 0 saturated carbocycles. The molecule has 3 N–H and O–H groups in total. The predicted molar refractivity (Wildman–Crippen MR) is 112 cm³/mol. The van der Waals surface area contributed by atoms with Crippen LogP contribution in [0.3, 0.4) is 0 Å². The van der Waals surface area contributed by atoms with Crippen LogP contribution in [0.1, 0.15) is 17.7 Å². The number of aliphatic imine (C=N–C) groups is 1. The molecule has 148 valence electrons. The van der Waals surface area contributed by atoms with Crippen LogP contribution in [0.2, 0.25) is 0 Å². The standard InChI is InChI=1S/C22H28N4O2/c1-2-6-21-20(5-1)18(15-25-21)7-10-23-22(26-14-17-9-13-27-16-17)24-11-8-19-4-3-12-28-19/h1-6,12,15,17,25H,7-11,13-14,16H2,(H2,23,24,26). The van der Waals surface area contributed by atoms with E-state index in [1.807, 2.05) is 12.1 Å². The maximum absolute atomic E-state index is 5.46. The van der Waals surface area contributed by atoms with E-state index in [0.717, 1.165) is 63.8 Å². The van der Waals surface area contributed by atoms with Gasteiger partial charge in [-0.2, -0.15) is 0 Å². The van der Waals surface area contributed by atoms with Gasteiger partial charge < -0.3 is 24.8 Å². The van der Waals surface area contributed by atoms with Crippen molar-refractivity contribution in [2.45, 2.75) is 19.3 Å². The van der Waals surface area contributed by atoms with Gasteiger partial charge in [0.25, 0.3) is 0 Å². The molecule has 0 radical (unpaired) electrons. The highest BCUT2D eigenvalue weighted by molar-refractivity contribution is 5.83. The summed E-state index contributed by atoms with van der Waals surface area (Å²) < 4.78 is 10.9. The summed E-state index contributed by atoms with van der Waals surface area (Å²) in [7, 11) is 0. The summed E-state index contributed by atoms with van der Waals surface area (Å²) in [5, 5.41) is 8.20. The maximum atomic E-state index is 5.46. The number of aromatic nitrogens is 1. The fourth-order valence-corrected chi connectivity index (χ4v) is 3.53. The lowest BCUT2D eigenvalue weighted by molar-refractivity contribution is 0.187. The number of hydrogen-bond donors (Lipinski definition) is 3. The van der Waals surface area contributed by atoms with Crippen LogP contribution in [0.4, 0.5) is 0 Å². The van der Waals surface area contributed by atoms with Gasteiger partial charge in [0.2, 0.25) is 0 Å². The average Bonchev–Trinajstić information content (AvgIpc) is 3.48. The molecule has 1 atom stereocenters. The molecule has 3 heterocycles. The summed E-state index contributed by atoms with van der Waals surface area (Å²) in [4.78, 5) is 8.12. The molecule has 1 fully saturated rings. The summed E-state index contributed by atoms with van der Waals surface area (Å²) in [5.74, 6) is 2.37. The maximum Gasteiger partial charge on any atom is 0.191 e. The van der Waals surface area contributed by atoms with Crippen LogP contribution in [0.25, 0.3) is 10.9 Å². The van der Waals surface area contributed by atoms with Crippen LogP contribution in [0.15, 0.2) is 58.3 Å². The molecule has 3 aromatic rings. The van der Waals surface area contributed by atoms with Crippen molar-refractivity contribution in [3.05, 3.63) is 60.2 Å². The van der Waals surface area contributed by atoms with E-state index in [0.29, 0.717) is 5.92 Å². The third kappa shape index (κ3) is 4.95. The second-order valence-corrected chi connectivity index (χ2v) is 7.21. The number of nitrogens with one attached hydrogen (secondary N) is 3. The molecule has 1 aliphatic heterocycles. The fourth-order valence-electron chi connectivity index (χ4n) is 3.53. The van der Waals surface area contributed by atoms with Crippen molar-refractivity contribution in [3.63, 3.8) is 0 Å². The Bertz CT molecular complexity index is 879. The van der Waals surface area contributed by atoms with Crippen molar-refractivity contribution in [2.24, 2.45) is 10.9 Å². The SMILES string of the molecule is c1coc(CCNC(=NCC2CCOC2)NCCc2c[nH]c3ccccc23)c1. The number of aromatic amines is 1. The minimum atomic E-state index is 0.525. The van der Waals surface area contributed by atoms with E-state index < -0.39 is 0 Å². The van der Waals surface area contributed by atoms with Crippen molar-refractivity contribution in [3.8, 4) is 0 Å². The highest BCUT2D eigenvalue weighted by Crippen LogP contribution is 2.17. The normalized spacial score (nSPS) is 17.3. The molecule has 1 unspecified atom stereocenters. The molecule has 2 aromatic heterocycles. The zero-order valence-electron chi connectivity index (χ0n) is 16.1. The van der Waals surface area contributed by atoms with Crippen molar-refractivity contribution in [2.75, 3.05) is 32.8 Å². The van der Waals surface area contributed by atoms with Gasteiger partial charge in [-0.15, -0.1) is 0 Å². The Kier molecular flexibility index (Phi) is 6.29. The number of H-pyrrole nitrogens is 1. The number of para-hydroxylation sites is 1. The number of benzene rings is 1. The molecule has 28 heavy (non-hydrogen) atoms. The average molecular weight is 380 g/mol. The Morgan fingerprint density at radius 2 is 2.00 bits per heavy atom. The predicted octanol–water partition coefficient (Wildman–Crippen LogP) is 3.12. The molecule has 0 bridgehead atoms. The first-order valence-corrected chi connectivity index (χ1v) is 10.1. The summed E-state index contributed by atoms with van der Waals surface area (Å²) in [6.45, 7) is 4.08. The summed E-state index contributed by atoms with van der Waals surface area (Å²) in [6.07, 6.45) is 6.68. The molecule has 0 amide bonds. The van der Waals surface area contributed by atoms with E-state index in [-0.39, 0.29) is 0 Å². The molecule has 0 aliphatic carbocycles. The van der Waals surface area contributed by atoms with Gasteiger partial charge in [0.1, 0.15) is 5.76 Å². The van der Waals surface area contributed by atoms with E-state index in [9.17, 15) is 0 Å².